The normalized spacial score (nSPS) is 15.1. The van der Waals surface area contributed by atoms with Gasteiger partial charge in [0.1, 0.15) is 0 Å². The van der Waals surface area contributed by atoms with E-state index in [-0.39, 0.29) is 0 Å². The number of hydrogen-bond acceptors (Lipinski definition) is 1. The Morgan fingerprint density at radius 2 is 2.22 bits per heavy atom. The van der Waals surface area contributed by atoms with Gasteiger partial charge in [0.05, 0.1) is 11.0 Å². The summed E-state index contributed by atoms with van der Waals surface area (Å²) >= 11 is 5.76. The van der Waals surface area contributed by atoms with E-state index in [1.165, 1.54) is 0 Å². The van der Waals surface area contributed by atoms with Gasteiger partial charge in [-0.2, -0.15) is 0 Å². The van der Waals surface area contributed by atoms with Crippen LogP contribution >= 0.6 is 11.6 Å². The number of aliphatic hydroxyl groups is 1. The molecule has 0 aromatic heterocycles. The van der Waals surface area contributed by atoms with Crippen LogP contribution in [0.1, 0.15) is 20.3 Å². The molecule has 0 aromatic rings. The number of aliphatic hydroxyl groups excluding tert-OH is 1. The summed E-state index contributed by atoms with van der Waals surface area (Å²) in [5, 5.41) is 9.18. The van der Waals surface area contributed by atoms with Crippen molar-refractivity contribution >= 4 is 11.6 Å². The first-order valence-electron chi connectivity index (χ1n) is 2.96. The lowest BCUT2D eigenvalue weighted by Crippen LogP contribution is -2.29. The van der Waals surface area contributed by atoms with E-state index >= 15 is 0 Å². The van der Waals surface area contributed by atoms with Crippen molar-refractivity contribution in [3.05, 3.63) is 12.7 Å². The third-order valence-electron chi connectivity index (χ3n) is 1.18. The number of rotatable bonds is 3. The maximum absolute atomic E-state index is 9.18. The van der Waals surface area contributed by atoms with Crippen molar-refractivity contribution in [2.24, 2.45) is 0 Å². The maximum atomic E-state index is 9.18. The predicted octanol–water partition coefficient (Wildman–Crippen LogP) is 1.94. The summed E-state index contributed by atoms with van der Waals surface area (Å²) in [5.74, 6) is 0. The van der Waals surface area contributed by atoms with E-state index in [9.17, 15) is 5.11 Å². The van der Waals surface area contributed by atoms with E-state index in [2.05, 4.69) is 6.58 Å². The Bertz CT molecular complexity index is 93.6. The van der Waals surface area contributed by atoms with E-state index in [0.717, 1.165) is 0 Å². The molecule has 0 aliphatic heterocycles. The lowest BCUT2D eigenvalue weighted by Gasteiger charge is -2.21. The Morgan fingerprint density at radius 3 is 2.33 bits per heavy atom. The largest absolute Gasteiger partial charge is 0.391 e. The van der Waals surface area contributed by atoms with E-state index in [4.69, 9.17) is 11.6 Å². The Balaban J connectivity index is 3.72. The Labute approximate surface area is 61.3 Å². The summed E-state index contributed by atoms with van der Waals surface area (Å²) in [4.78, 5) is -0.534. The second-order valence-corrected chi connectivity index (χ2v) is 3.58. The third-order valence-corrected chi connectivity index (χ3v) is 1.43. The molecule has 0 saturated heterocycles. The quantitative estimate of drug-likeness (QED) is 0.479. The molecule has 0 aliphatic carbocycles. The van der Waals surface area contributed by atoms with Gasteiger partial charge in [-0.05, 0) is 20.3 Å². The van der Waals surface area contributed by atoms with Crippen LogP contribution < -0.4 is 0 Å². The fraction of sp³-hybridized carbons (Fsp3) is 0.714. The minimum atomic E-state index is -0.534. The predicted molar refractivity (Wildman–Crippen MR) is 40.8 cm³/mol. The Kier molecular flexibility index (Phi) is 3.23. The second-order valence-electron chi connectivity index (χ2n) is 2.60. The zero-order chi connectivity index (χ0) is 7.49. The van der Waals surface area contributed by atoms with E-state index < -0.39 is 11.0 Å². The molecule has 54 valence electrons. The van der Waals surface area contributed by atoms with Crippen LogP contribution in [-0.4, -0.2) is 16.1 Å². The van der Waals surface area contributed by atoms with Crippen molar-refractivity contribution in [1.82, 2.24) is 0 Å². The van der Waals surface area contributed by atoms with Crippen LogP contribution in [-0.2, 0) is 0 Å². The fourth-order valence-electron chi connectivity index (χ4n) is 0.438. The van der Waals surface area contributed by atoms with Crippen LogP contribution in [0.5, 0.6) is 0 Å². The van der Waals surface area contributed by atoms with Crippen LogP contribution in [0.3, 0.4) is 0 Å². The first-order valence-corrected chi connectivity index (χ1v) is 3.34. The highest BCUT2D eigenvalue weighted by Gasteiger charge is 2.22. The standard InChI is InChI=1S/C7H13ClO/c1-4-5-6(9)7(2,3)8/h4,6,9H,1,5H2,2-3H3/t6-/m1/s1. The average Bonchev–Trinajstić information content (AvgIpc) is 1.64. The van der Waals surface area contributed by atoms with E-state index in [1.54, 1.807) is 19.9 Å². The monoisotopic (exact) mass is 148 g/mol. The van der Waals surface area contributed by atoms with Gasteiger partial charge < -0.3 is 5.11 Å². The van der Waals surface area contributed by atoms with Crippen molar-refractivity contribution in [3.8, 4) is 0 Å². The molecule has 2 heteroatoms. The molecule has 1 N–H and O–H groups in total. The van der Waals surface area contributed by atoms with Gasteiger partial charge in [0.2, 0.25) is 0 Å². The zero-order valence-corrected chi connectivity index (χ0v) is 6.65. The van der Waals surface area contributed by atoms with E-state index in [1.807, 2.05) is 0 Å². The molecule has 0 unspecified atom stereocenters. The summed E-state index contributed by atoms with van der Waals surface area (Å²) in [6.07, 6.45) is 1.72. The van der Waals surface area contributed by atoms with Gasteiger partial charge in [-0.15, -0.1) is 18.2 Å². The molecule has 0 aromatic carbocycles. The van der Waals surface area contributed by atoms with Crippen LogP contribution in [0, 0.1) is 0 Å². The topological polar surface area (TPSA) is 20.2 Å². The first-order chi connectivity index (χ1) is 3.98. The van der Waals surface area contributed by atoms with Crippen molar-refractivity contribution in [2.45, 2.75) is 31.2 Å². The van der Waals surface area contributed by atoms with Crippen molar-refractivity contribution in [1.29, 1.82) is 0 Å². The van der Waals surface area contributed by atoms with Gasteiger partial charge in [-0.1, -0.05) is 6.08 Å². The molecule has 0 aliphatic rings. The van der Waals surface area contributed by atoms with Crippen molar-refractivity contribution in [3.63, 3.8) is 0 Å². The van der Waals surface area contributed by atoms with Gasteiger partial charge in [0.25, 0.3) is 0 Å². The molecular formula is C7H13ClO. The SMILES string of the molecule is C=CC[C@@H](O)C(C)(C)Cl. The summed E-state index contributed by atoms with van der Waals surface area (Å²) in [6, 6.07) is 0. The molecule has 0 saturated carbocycles. The van der Waals surface area contributed by atoms with Gasteiger partial charge in [-0.25, -0.2) is 0 Å². The lowest BCUT2D eigenvalue weighted by molar-refractivity contribution is 0.142. The fourth-order valence-corrected chi connectivity index (χ4v) is 0.527. The lowest BCUT2D eigenvalue weighted by atomic mass is 10.0. The highest BCUT2D eigenvalue weighted by Crippen LogP contribution is 2.20. The minimum Gasteiger partial charge on any atom is -0.391 e. The molecule has 0 fully saturated rings. The summed E-state index contributed by atoms with van der Waals surface area (Å²) in [5.41, 5.74) is 0. The van der Waals surface area contributed by atoms with Gasteiger partial charge >= 0.3 is 0 Å². The zero-order valence-electron chi connectivity index (χ0n) is 5.89. The molecule has 1 atom stereocenters. The highest BCUT2D eigenvalue weighted by atomic mass is 35.5. The summed E-state index contributed by atoms with van der Waals surface area (Å²) < 4.78 is 0. The van der Waals surface area contributed by atoms with E-state index in [0.29, 0.717) is 6.42 Å². The summed E-state index contributed by atoms with van der Waals surface area (Å²) in [6.45, 7) is 7.06. The van der Waals surface area contributed by atoms with Gasteiger partial charge in [0.15, 0.2) is 0 Å². The minimum absolute atomic E-state index is 0.489. The smallest absolute Gasteiger partial charge is 0.0760 e. The third kappa shape index (κ3) is 3.55. The molecule has 9 heavy (non-hydrogen) atoms. The first kappa shape index (κ1) is 8.99. The highest BCUT2D eigenvalue weighted by molar-refractivity contribution is 6.23. The average molecular weight is 149 g/mol. The molecule has 0 radical (unpaired) electrons. The van der Waals surface area contributed by atoms with Gasteiger partial charge in [-0.3, -0.25) is 0 Å². The van der Waals surface area contributed by atoms with Crippen LogP contribution in [0.2, 0.25) is 0 Å². The molecule has 0 bridgehead atoms. The Hall–Kier alpha value is -0.0100. The summed E-state index contributed by atoms with van der Waals surface area (Å²) in [7, 11) is 0. The maximum Gasteiger partial charge on any atom is 0.0760 e. The van der Waals surface area contributed by atoms with Crippen LogP contribution in [0.15, 0.2) is 12.7 Å². The molecule has 0 amide bonds. The second kappa shape index (κ2) is 3.23. The van der Waals surface area contributed by atoms with Crippen LogP contribution in [0.4, 0.5) is 0 Å². The van der Waals surface area contributed by atoms with Crippen LogP contribution in [0.25, 0.3) is 0 Å². The molecular weight excluding hydrogens is 136 g/mol. The molecule has 0 heterocycles. The van der Waals surface area contributed by atoms with Gasteiger partial charge in [0, 0.05) is 0 Å². The van der Waals surface area contributed by atoms with Crippen molar-refractivity contribution < 1.29 is 5.11 Å². The van der Waals surface area contributed by atoms with Crippen molar-refractivity contribution in [2.75, 3.05) is 0 Å². The molecule has 1 nitrogen and oxygen atoms in total. The molecule has 0 spiro atoms. The number of alkyl halides is 1. The number of hydrogen-bond donors (Lipinski definition) is 1. The number of halogens is 1. The molecule has 0 rings (SSSR count). The Morgan fingerprint density at radius 1 is 1.78 bits per heavy atom.